The Balaban J connectivity index is 2.05. The molecule has 0 bridgehead atoms. The minimum absolute atomic E-state index is 0.359. The van der Waals surface area contributed by atoms with Crippen LogP contribution in [0.4, 0.5) is 0 Å². The lowest BCUT2D eigenvalue weighted by Crippen LogP contribution is -2.25. The number of ether oxygens (including phenoxy) is 1. The van der Waals surface area contributed by atoms with Crippen LogP contribution in [0.5, 0.6) is 6.01 Å². The summed E-state index contributed by atoms with van der Waals surface area (Å²) in [5.74, 6) is 0.432. The fourth-order valence-corrected chi connectivity index (χ4v) is 1.37. The second-order valence-corrected chi connectivity index (χ2v) is 4.09. The van der Waals surface area contributed by atoms with E-state index in [1.807, 2.05) is 6.07 Å². The molecule has 3 nitrogen and oxygen atoms in total. The van der Waals surface area contributed by atoms with E-state index in [-0.39, 0.29) is 0 Å². The van der Waals surface area contributed by atoms with Gasteiger partial charge in [0.15, 0.2) is 0 Å². The van der Waals surface area contributed by atoms with Crippen molar-refractivity contribution in [2.45, 2.75) is 45.1 Å². The lowest BCUT2D eigenvalue weighted by atomic mass is 9.96. The standard InChI is InChI=1S/C11H16N2O/c1-8(2)10-6-7-12-11(13-10)14-9-4-3-5-9/h6-9H,3-5H2,1-2H3. The zero-order valence-electron chi connectivity index (χ0n) is 8.73. The molecule has 1 aromatic rings. The molecule has 1 heterocycles. The van der Waals surface area contributed by atoms with E-state index >= 15 is 0 Å². The fourth-order valence-electron chi connectivity index (χ4n) is 1.37. The first-order chi connectivity index (χ1) is 6.75. The van der Waals surface area contributed by atoms with E-state index in [1.54, 1.807) is 6.20 Å². The van der Waals surface area contributed by atoms with Crippen LogP contribution in [0, 0.1) is 0 Å². The molecular formula is C11H16N2O. The van der Waals surface area contributed by atoms with Crippen molar-refractivity contribution in [2.75, 3.05) is 0 Å². The van der Waals surface area contributed by atoms with Crippen molar-refractivity contribution in [3.05, 3.63) is 18.0 Å². The summed E-state index contributed by atoms with van der Waals surface area (Å²) in [7, 11) is 0. The summed E-state index contributed by atoms with van der Waals surface area (Å²) in [5.41, 5.74) is 1.05. The second-order valence-electron chi connectivity index (χ2n) is 4.09. The minimum Gasteiger partial charge on any atom is -0.460 e. The Morgan fingerprint density at radius 1 is 1.43 bits per heavy atom. The summed E-state index contributed by atoms with van der Waals surface area (Å²) in [6.07, 6.45) is 5.70. The smallest absolute Gasteiger partial charge is 0.316 e. The summed E-state index contributed by atoms with van der Waals surface area (Å²) in [4.78, 5) is 8.47. The minimum atomic E-state index is 0.359. The Morgan fingerprint density at radius 2 is 2.21 bits per heavy atom. The molecule has 0 amide bonds. The molecule has 0 aromatic carbocycles. The molecule has 0 radical (unpaired) electrons. The third-order valence-corrected chi connectivity index (χ3v) is 2.57. The van der Waals surface area contributed by atoms with Gasteiger partial charge in [-0.15, -0.1) is 0 Å². The summed E-state index contributed by atoms with van der Waals surface area (Å²) < 4.78 is 5.62. The second kappa shape index (κ2) is 3.95. The molecule has 0 unspecified atom stereocenters. The van der Waals surface area contributed by atoms with E-state index in [9.17, 15) is 0 Å². The van der Waals surface area contributed by atoms with Crippen molar-refractivity contribution >= 4 is 0 Å². The first-order valence-electron chi connectivity index (χ1n) is 5.25. The van der Waals surface area contributed by atoms with Gasteiger partial charge in [0.05, 0.1) is 5.69 Å². The molecule has 0 spiro atoms. The van der Waals surface area contributed by atoms with Gasteiger partial charge in [0, 0.05) is 6.20 Å². The van der Waals surface area contributed by atoms with E-state index in [4.69, 9.17) is 4.74 Å². The SMILES string of the molecule is CC(C)c1ccnc(OC2CCC2)n1. The van der Waals surface area contributed by atoms with Gasteiger partial charge in [-0.2, -0.15) is 4.98 Å². The number of aromatic nitrogens is 2. The molecule has 3 heteroatoms. The summed E-state index contributed by atoms with van der Waals surface area (Å²) in [6.45, 7) is 4.24. The van der Waals surface area contributed by atoms with E-state index in [2.05, 4.69) is 23.8 Å². The molecule has 1 aliphatic carbocycles. The molecule has 0 saturated heterocycles. The number of hydrogen-bond donors (Lipinski definition) is 0. The van der Waals surface area contributed by atoms with Gasteiger partial charge in [-0.3, -0.25) is 0 Å². The summed E-state index contributed by atoms with van der Waals surface area (Å²) in [5, 5.41) is 0. The Hall–Kier alpha value is -1.12. The maximum absolute atomic E-state index is 5.62. The molecule has 14 heavy (non-hydrogen) atoms. The van der Waals surface area contributed by atoms with Gasteiger partial charge in [0.25, 0.3) is 0 Å². The topological polar surface area (TPSA) is 35.0 Å². The van der Waals surface area contributed by atoms with Crippen LogP contribution in [0.1, 0.15) is 44.7 Å². The third-order valence-electron chi connectivity index (χ3n) is 2.57. The molecule has 76 valence electrons. The van der Waals surface area contributed by atoms with Crippen molar-refractivity contribution in [2.24, 2.45) is 0 Å². The third kappa shape index (κ3) is 2.03. The van der Waals surface area contributed by atoms with Crippen molar-refractivity contribution in [3.63, 3.8) is 0 Å². The van der Waals surface area contributed by atoms with E-state index < -0.39 is 0 Å². The molecule has 1 fully saturated rings. The Labute approximate surface area is 84.5 Å². The van der Waals surface area contributed by atoms with Gasteiger partial charge in [0.1, 0.15) is 6.10 Å². The van der Waals surface area contributed by atoms with Gasteiger partial charge < -0.3 is 4.74 Å². The predicted octanol–water partition coefficient (Wildman–Crippen LogP) is 2.53. The average molecular weight is 192 g/mol. The van der Waals surface area contributed by atoms with E-state index in [0.29, 0.717) is 18.0 Å². The number of nitrogens with zero attached hydrogens (tertiary/aromatic N) is 2. The quantitative estimate of drug-likeness (QED) is 0.738. The predicted molar refractivity (Wildman–Crippen MR) is 54.4 cm³/mol. The largest absolute Gasteiger partial charge is 0.460 e. The van der Waals surface area contributed by atoms with Crippen LogP contribution in [0.25, 0.3) is 0 Å². The molecule has 1 aromatic heterocycles. The van der Waals surface area contributed by atoms with Crippen LogP contribution in [0.2, 0.25) is 0 Å². The molecule has 0 aliphatic heterocycles. The van der Waals surface area contributed by atoms with Crippen molar-refractivity contribution in [1.82, 2.24) is 9.97 Å². The zero-order chi connectivity index (χ0) is 9.97. The highest BCUT2D eigenvalue weighted by Gasteiger charge is 2.20. The van der Waals surface area contributed by atoms with Crippen LogP contribution in [-0.2, 0) is 0 Å². The molecule has 1 aliphatic rings. The van der Waals surface area contributed by atoms with Crippen LogP contribution in [-0.4, -0.2) is 16.1 Å². The van der Waals surface area contributed by atoms with Gasteiger partial charge in [0.2, 0.25) is 0 Å². The average Bonchev–Trinajstić information content (AvgIpc) is 2.12. The van der Waals surface area contributed by atoms with Gasteiger partial charge >= 0.3 is 6.01 Å². The number of rotatable bonds is 3. The van der Waals surface area contributed by atoms with E-state index in [0.717, 1.165) is 18.5 Å². The lowest BCUT2D eigenvalue weighted by Gasteiger charge is -2.25. The molecule has 2 rings (SSSR count). The highest BCUT2D eigenvalue weighted by molar-refractivity contribution is 5.09. The van der Waals surface area contributed by atoms with Gasteiger partial charge in [-0.05, 0) is 31.2 Å². The van der Waals surface area contributed by atoms with Gasteiger partial charge in [-0.25, -0.2) is 4.98 Å². The lowest BCUT2D eigenvalue weighted by molar-refractivity contribution is 0.108. The molecule has 0 atom stereocenters. The molecular weight excluding hydrogens is 176 g/mol. The maximum atomic E-state index is 5.62. The van der Waals surface area contributed by atoms with Crippen molar-refractivity contribution < 1.29 is 4.74 Å². The summed E-state index contributed by atoms with van der Waals surface area (Å²) >= 11 is 0. The Bertz CT molecular complexity index is 308. The van der Waals surface area contributed by atoms with Crippen molar-refractivity contribution in [3.8, 4) is 6.01 Å². The van der Waals surface area contributed by atoms with Crippen LogP contribution < -0.4 is 4.74 Å². The van der Waals surface area contributed by atoms with Crippen LogP contribution >= 0.6 is 0 Å². The van der Waals surface area contributed by atoms with Crippen LogP contribution in [0.15, 0.2) is 12.3 Å². The van der Waals surface area contributed by atoms with Crippen molar-refractivity contribution in [1.29, 1.82) is 0 Å². The van der Waals surface area contributed by atoms with Crippen LogP contribution in [0.3, 0.4) is 0 Å². The monoisotopic (exact) mass is 192 g/mol. The molecule has 1 saturated carbocycles. The fraction of sp³-hybridized carbons (Fsp3) is 0.636. The Morgan fingerprint density at radius 3 is 2.79 bits per heavy atom. The summed E-state index contributed by atoms with van der Waals surface area (Å²) in [6, 6.07) is 2.49. The highest BCUT2D eigenvalue weighted by Crippen LogP contribution is 2.23. The highest BCUT2D eigenvalue weighted by atomic mass is 16.5. The Kier molecular flexibility index (Phi) is 2.66. The normalized spacial score (nSPS) is 16.8. The maximum Gasteiger partial charge on any atom is 0.316 e. The molecule has 0 N–H and O–H groups in total. The zero-order valence-corrected chi connectivity index (χ0v) is 8.73. The first-order valence-corrected chi connectivity index (χ1v) is 5.25. The first kappa shape index (κ1) is 9.44. The van der Waals surface area contributed by atoms with Gasteiger partial charge in [-0.1, -0.05) is 13.8 Å². The van der Waals surface area contributed by atoms with E-state index in [1.165, 1.54) is 6.42 Å². The number of hydrogen-bond acceptors (Lipinski definition) is 3.